The minimum Gasteiger partial charge on any atom is -0.465 e. The minimum atomic E-state index is -0.532. The highest BCUT2D eigenvalue weighted by Crippen LogP contribution is 2.12. The maximum absolute atomic E-state index is 12.0. The lowest BCUT2D eigenvalue weighted by molar-refractivity contribution is -0.145. The van der Waals surface area contributed by atoms with Crippen molar-refractivity contribution in [1.29, 1.82) is 0 Å². The van der Waals surface area contributed by atoms with Crippen molar-refractivity contribution in [3.05, 3.63) is 0 Å². The van der Waals surface area contributed by atoms with Gasteiger partial charge in [-0.2, -0.15) is 0 Å². The van der Waals surface area contributed by atoms with Gasteiger partial charge in [0.1, 0.15) is 11.6 Å². The summed E-state index contributed by atoms with van der Waals surface area (Å²) in [5.41, 5.74) is -0.532. The fraction of sp³-hybridized carbons (Fsp3) is 0.846. The molecule has 19 heavy (non-hydrogen) atoms. The zero-order valence-corrected chi connectivity index (χ0v) is 12.2. The number of esters is 1. The standard InChI is InChI=1S/C13H24N2O4/c1-5-18-11(16)10-9-15(8-6-7-14-10)12(17)19-13(2,3)4/h10,14H,5-9H2,1-4H3. The monoisotopic (exact) mass is 272 g/mol. The van der Waals surface area contributed by atoms with Gasteiger partial charge in [0.25, 0.3) is 0 Å². The molecule has 1 heterocycles. The molecule has 0 bridgehead atoms. The number of ether oxygens (including phenoxy) is 2. The third-order valence-electron chi connectivity index (χ3n) is 2.62. The van der Waals surface area contributed by atoms with Crippen LogP contribution in [0, 0.1) is 0 Å². The lowest BCUT2D eigenvalue weighted by Gasteiger charge is -2.27. The van der Waals surface area contributed by atoms with Gasteiger partial charge in [-0.25, -0.2) is 4.79 Å². The van der Waals surface area contributed by atoms with Crippen LogP contribution in [-0.2, 0) is 14.3 Å². The van der Waals surface area contributed by atoms with Gasteiger partial charge in [0.2, 0.25) is 0 Å². The van der Waals surface area contributed by atoms with Gasteiger partial charge in [0, 0.05) is 6.54 Å². The molecule has 1 atom stereocenters. The van der Waals surface area contributed by atoms with Gasteiger partial charge >= 0.3 is 12.1 Å². The molecule has 1 aliphatic heterocycles. The van der Waals surface area contributed by atoms with E-state index in [1.54, 1.807) is 11.8 Å². The summed E-state index contributed by atoms with van der Waals surface area (Å²) in [6.07, 6.45) is 0.403. The average molecular weight is 272 g/mol. The predicted octanol–water partition coefficient (Wildman–Crippen LogP) is 1.15. The second kappa shape index (κ2) is 6.75. The Morgan fingerprint density at radius 3 is 2.63 bits per heavy atom. The summed E-state index contributed by atoms with van der Waals surface area (Å²) in [5, 5.41) is 3.09. The van der Waals surface area contributed by atoms with Crippen molar-refractivity contribution in [3.8, 4) is 0 Å². The molecule has 110 valence electrons. The van der Waals surface area contributed by atoms with Gasteiger partial charge < -0.3 is 19.7 Å². The topological polar surface area (TPSA) is 67.9 Å². The molecule has 0 spiro atoms. The summed E-state index contributed by atoms with van der Waals surface area (Å²) >= 11 is 0. The van der Waals surface area contributed by atoms with E-state index in [1.807, 2.05) is 20.8 Å². The fourth-order valence-corrected chi connectivity index (χ4v) is 1.82. The van der Waals surface area contributed by atoms with E-state index in [0.29, 0.717) is 19.7 Å². The molecule has 0 saturated carbocycles. The summed E-state index contributed by atoms with van der Waals surface area (Å²) in [4.78, 5) is 25.3. The summed E-state index contributed by atoms with van der Waals surface area (Å²) in [5.74, 6) is -0.321. The minimum absolute atomic E-state index is 0.285. The van der Waals surface area contributed by atoms with Crippen molar-refractivity contribution in [2.45, 2.75) is 45.8 Å². The molecule has 0 aromatic carbocycles. The van der Waals surface area contributed by atoms with E-state index in [0.717, 1.165) is 6.42 Å². The van der Waals surface area contributed by atoms with Crippen molar-refractivity contribution in [2.75, 3.05) is 26.2 Å². The first kappa shape index (κ1) is 15.8. The van der Waals surface area contributed by atoms with Crippen LogP contribution in [0.1, 0.15) is 34.1 Å². The number of amides is 1. The molecule has 0 aromatic heterocycles. The Morgan fingerprint density at radius 1 is 1.37 bits per heavy atom. The molecule has 6 heteroatoms. The molecule has 0 aromatic rings. The Bertz CT molecular complexity index is 325. The van der Waals surface area contributed by atoms with Crippen molar-refractivity contribution >= 4 is 12.1 Å². The molecule has 1 amide bonds. The van der Waals surface area contributed by atoms with Crippen LogP contribution in [-0.4, -0.2) is 54.8 Å². The maximum Gasteiger partial charge on any atom is 0.410 e. The number of carbonyl (C=O) groups excluding carboxylic acids is 2. The Hall–Kier alpha value is -1.30. The van der Waals surface area contributed by atoms with Gasteiger partial charge in [0.05, 0.1) is 13.2 Å². The predicted molar refractivity (Wildman–Crippen MR) is 70.8 cm³/mol. The van der Waals surface area contributed by atoms with Crippen LogP contribution < -0.4 is 5.32 Å². The van der Waals surface area contributed by atoms with Gasteiger partial charge in [-0.3, -0.25) is 4.79 Å². The van der Waals surface area contributed by atoms with Crippen LogP contribution in [0.25, 0.3) is 0 Å². The van der Waals surface area contributed by atoms with E-state index >= 15 is 0 Å². The normalized spacial score (nSPS) is 20.6. The first-order chi connectivity index (χ1) is 8.83. The van der Waals surface area contributed by atoms with Crippen LogP contribution in [0.5, 0.6) is 0 Å². The molecular weight excluding hydrogens is 248 g/mol. The van der Waals surface area contributed by atoms with E-state index in [2.05, 4.69) is 5.32 Å². The van der Waals surface area contributed by atoms with Crippen LogP contribution in [0.4, 0.5) is 4.79 Å². The van der Waals surface area contributed by atoms with Gasteiger partial charge in [-0.1, -0.05) is 0 Å². The molecule has 1 fully saturated rings. The maximum atomic E-state index is 12.0. The molecule has 0 aliphatic carbocycles. The highest BCUT2D eigenvalue weighted by Gasteiger charge is 2.29. The number of hydrogen-bond donors (Lipinski definition) is 1. The Morgan fingerprint density at radius 2 is 2.05 bits per heavy atom. The van der Waals surface area contributed by atoms with Crippen LogP contribution in [0.15, 0.2) is 0 Å². The summed E-state index contributed by atoms with van der Waals surface area (Å²) in [7, 11) is 0. The SMILES string of the molecule is CCOC(=O)C1CN(C(=O)OC(C)(C)C)CCCN1. The molecule has 1 saturated heterocycles. The van der Waals surface area contributed by atoms with E-state index in [1.165, 1.54) is 0 Å². The van der Waals surface area contributed by atoms with Crippen molar-refractivity contribution in [2.24, 2.45) is 0 Å². The first-order valence-electron chi connectivity index (χ1n) is 6.71. The van der Waals surface area contributed by atoms with Gasteiger partial charge in [0.15, 0.2) is 0 Å². The quantitative estimate of drug-likeness (QED) is 0.764. The second-order valence-corrected chi connectivity index (χ2v) is 5.54. The second-order valence-electron chi connectivity index (χ2n) is 5.54. The Labute approximate surface area is 114 Å². The van der Waals surface area contributed by atoms with Crippen LogP contribution in [0.3, 0.4) is 0 Å². The Kier molecular flexibility index (Phi) is 5.60. The van der Waals surface area contributed by atoms with Gasteiger partial charge in [-0.15, -0.1) is 0 Å². The van der Waals surface area contributed by atoms with Crippen molar-refractivity contribution in [1.82, 2.24) is 10.2 Å². The first-order valence-corrected chi connectivity index (χ1v) is 6.71. The molecule has 1 unspecified atom stereocenters. The van der Waals surface area contributed by atoms with E-state index in [9.17, 15) is 9.59 Å². The van der Waals surface area contributed by atoms with Gasteiger partial charge in [-0.05, 0) is 40.7 Å². The third kappa shape index (κ3) is 5.46. The molecule has 1 rings (SSSR count). The fourth-order valence-electron chi connectivity index (χ4n) is 1.82. The van der Waals surface area contributed by atoms with Crippen LogP contribution in [0.2, 0.25) is 0 Å². The molecule has 1 N–H and O–H groups in total. The Balaban J connectivity index is 2.63. The molecular formula is C13H24N2O4. The number of carbonyl (C=O) groups is 2. The average Bonchev–Trinajstić information content (AvgIpc) is 2.52. The summed E-state index contributed by atoms with van der Waals surface area (Å²) < 4.78 is 10.3. The molecule has 0 radical (unpaired) electrons. The third-order valence-corrected chi connectivity index (χ3v) is 2.62. The lowest BCUT2D eigenvalue weighted by Crippen LogP contribution is -2.47. The molecule has 6 nitrogen and oxygen atoms in total. The van der Waals surface area contributed by atoms with Crippen molar-refractivity contribution in [3.63, 3.8) is 0 Å². The van der Waals surface area contributed by atoms with E-state index in [4.69, 9.17) is 9.47 Å². The number of nitrogens with one attached hydrogen (secondary N) is 1. The smallest absolute Gasteiger partial charge is 0.410 e. The summed E-state index contributed by atoms with van der Waals surface area (Å²) in [6.45, 7) is 9.12. The number of rotatable bonds is 2. The molecule has 1 aliphatic rings. The van der Waals surface area contributed by atoms with E-state index in [-0.39, 0.29) is 18.6 Å². The lowest BCUT2D eigenvalue weighted by atomic mass is 10.2. The highest BCUT2D eigenvalue weighted by atomic mass is 16.6. The largest absolute Gasteiger partial charge is 0.465 e. The highest BCUT2D eigenvalue weighted by molar-refractivity contribution is 5.77. The van der Waals surface area contributed by atoms with Crippen molar-refractivity contribution < 1.29 is 19.1 Å². The number of hydrogen-bond acceptors (Lipinski definition) is 5. The zero-order chi connectivity index (χ0) is 14.5. The van der Waals surface area contributed by atoms with Crippen LogP contribution >= 0.6 is 0 Å². The number of nitrogens with zero attached hydrogens (tertiary/aromatic N) is 1. The summed E-state index contributed by atoms with van der Waals surface area (Å²) in [6, 6.07) is -0.477. The zero-order valence-electron chi connectivity index (χ0n) is 12.2. The van der Waals surface area contributed by atoms with E-state index < -0.39 is 11.6 Å².